The van der Waals surface area contributed by atoms with E-state index in [2.05, 4.69) is 4.98 Å². The number of pyridine rings is 1. The minimum absolute atomic E-state index is 1.00. The molecule has 2 nitrogen and oxygen atoms in total. The summed E-state index contributed by atoms with van der Waals surface area (Å²) in [6, 6.07) is 5.98. The van der Waals surface area contributed by atoms with Gasteiger partial charge >= 0.3 is 0 Å². The Bertz CT molecular complexity index is 329. The standard InChI is InChI=1S/C9H9N2/c1-2-8-7-11-6-4-3-5-9(11)10-8/h2-7H,1H3. The molecule has 0 saturated heterocycles. The highest BCUT2D eigenvalue weighted by molar-refractivity contribution is 5.40. The van der Waals surface area contributed by atoms with Crippen LogP contribution >= 0.6 is 0 Å². The molecule has 2 heteroatoms. The van der Waals surface area contributed by atoms with Crippen LogP contribution in [0.4, 0.5) is 0 Å². The van der Waals surface area contributed by atoms with Crippen LogP contribution in [0.3, 0.4) is 0 Å². The SMILES string of the molecule is C[CH]c1cn2ccccc2n1. The molecule has 0 atom stereocenters. The molecule has 0 saturated carbocycles. The summed E-state index contributed by atoms with van der Waals surface area (Å²) in [6.45, 7) is 1.99. The van der Waals surface area contributed by atoms with E-state index in [0.29, 0.717) is 0 Å². The number of nitrogens with zero attached hydrogens (tertiary/aromatic N) is 2. The molecule has 2 aromatic heterocycles. The van der Waals surface area contributed by atoms with Crippen molar-refractivity contribution < 1.29 is 0 Å². The van der Waals surface area contributed by atoms with Crippen LogP contribution < -0.4 is 0 Å². The topological polar surface area (TPSA) is 17.3 Å². The molecule has 0 aliphatic carbocycles. The van der Waals surface area contributed by atoms with Gasteiger partial charge in [-0.3, -0.25) is 0 Å². The van der Waals surface area contributed by atoms with Gasteiger partial charge in [-0.2, -0.15) is 0 Å². The second-order valence-electron chi connectivity index (χ2n) is 2.42. The number of imidazole rings is 1. The van der Waals surface area contributed by atoms with Crippen LogP contribution in [0.1, 0.15) is 12.6 Å². The van der Waals surface area contributed by atoms with Crippen LogP contribution in [0.2, 0.25) is 0 Å². The van der Waals surface area contributed by atoms with Gasteiger partial charge in [0, 0.05) is 18.8 Å². The molecule has 1 radical (unpaired) electrons. The fourth-order valence-electron chi connectivity index (χ4n) is 1.09. The molecule has 2 heterocycles. The number of rotatable bonds is 1. The van der Waals surface area contributed by atoms with E-state index in [-0.39, 0.29) is 0 Å². The van der Waals surface area contributed by atoms with Crippen molar-refractivity contribution in [2.75, 3.05) is 0 Å². The Labute approximate surface area is 65.5 Å². The Balaban J connectivity index is 2.69. The maximum Gasteiger partial charge on any atom is 0.136 e. The predicted octanol–water partition coefficient (Wildman–Crippen LogP) is 1.91. The maximum absolute atomic E-state index is 4.34. The third kappa shape index (κ3) is 1.00. The third-order valence-electron chi connectivity index (χ3n) is 1.68. The molecule has 0 aliphatic rings. The molecular formula is C9H9N2. The molecule has 0 fully saturated rings. The third-order valence-corrected chi connectivity index (χ3v) is 1.68. The first-order valence-corrected chi connectivity index (χ1v) is 3.63. The van der Waals surface area contributed by atoms with Gasteiger partial charge in [0.05, 0.1) is 5.69 Å². The quantitative estimate of drug-likeness (QED) is 0.599. The van der Waals surface area contributed by atoms with E-state index in [1.54, 1.807) is 0 Å². The Morgan fingerprint density at radius 2 is 2.36 bits per heavy atom. The number of hydrogen-bond acceptors (Lipinski definition) is 1. The fourth-order valence-corrected chi connectivity index (χ4v) is 1.09. The van der Waals surface area contributed by atoms with E-state index in [4.69, 9.17) is 0 Å². The van der Waals surface area contributed by atoms with Gasteiger partial charge in [-0.1, -0.05) is 13.0 Å². The zero-order valence-electron chi connectivity index (χ0n) is 6.36. The first-order valence-electron chi connectivity index (χ1n) is 3.63. The van der Waals surface area contributed by atoms with Crippen LogP contribution in [-0.2, 0) is 0 Å². The second kappa shape index (κ2) is 2.38. The zero-order valence-corrected chi connectivity index (χ0v) is 6.36. The summed E-state index contributed by atoms with van der Waals surface area (Å²) in [5.41, 5.74) is 2.02. The molecule has 0 aliphatic heterocycles. The maximum atomic E-state index is 4.34. The summed E-state index contributed by atoms with van der Waals surface area (Å²) in [4.78, 5) is 4.34. The molecular weight excluding hydrogens is 136 g/mol. The monoisotopic (exact) mass is 145 g/mol. The Hall–Kier alpha value is -1.31. The summed E-state index contributed by atoms with van der Waals surface area (Å²) in [5.74, 6) is 0. The molecule has 0 unspecified atom stereocenters. The molecule has 2 aromatic rings. The van der Waals surface area contributed by atoms with Gasteiger partial charge in [-0.15, -0.1) is 0 Å². The molecule has 11 heavy (non-hydrogen) atoms. The minimum Gasteiger partial charge on any atom is -0.307 e. The van der Waals surface area contributed by atoms with E-state index in [0.717, 1.165) is 11.3 Å². The van der Waals surface area contributed by atoms with Gasteiger partial charge in [0.1, 0.15) is 5.65 Å². The van der Waals surface area contributed by atoms with Crippen molar-refractivity contribution in [1.29, 1.82) is 0 Å². The van der Waals surface area contributed by atoms with Crippen molar-refractivity contribution in [2.24, 2.45) is 0 Å². The summed E-state index contributed by atoms with van der Waals surface area (Å²) in [5, 5.41) is 0. The Kier molecular flexibility index (Phi) is 1.39. The minimum atomic E-state index is 1.00. The first kappa shape index (κ1) is 6.40. The molecule has 0 aromatic carbocycles. The normalized spacial score (nSPS) is 10.6. The van der Waals surface area contributed by atoms with Gasteiger partial charge in [0.25, 0.3) is 0 Å². The van der Waals surface area contributed by atoms with Crippen molar-refractivity contribution in [3.05, 3.63) is 42.7 Å². The van der Waals surface area contributed by atoms with Crippen molar-refractivity contribution in [3.63, 3.8) is 0 Å². The van der Waals surface area contributed by atoms with E-state index < -0.39 is 0 Å². The van der Waals surface area contributed by atoms with E-state index >= 15 is 0 Å². The molecule has 0 amide bonds. The van der Waals surface area contributed by atoms with Gasteiger partial charge < -0.3 is 4.40 Å². The van der Waals surface area contributed by atoms with Crippen molar-refractivity contribution in [1.82, 2.24) is 9.38 Å². The Morgan fingerprint density at radius 3 is 3.09 bits per heavy atom. The summed E-state index contributed by atoms with van der Waals surface area (Å²) < 4.78 is 2.01. The lowest BCUT2D eigenvalue weighted by Gasteiger charge is -1.86. The van der Waals surface area contributed by atoms with E-state index in [9.17, 15) is 0 Å². The molecule has 0 spiro atoms. The van der Waals surface area contributed by atoms with Crippen LogP contribution in [0.15, 0.2) is 30.6 Å². The highest BCUT2D eigenvalue weighted by atomic mass is 15.0. The number of hydrogen-bond donors (Lipinski definition) is 0. The second-order valence-corrected chi connectivity index (χ2v) is 2.42. The predicted molar refractivity (Wildman–Crippen MR) is 44.3 cm³/mol. The summed E-state index contributed by atoms with van der Waals surface area (Å²) in [7, 11) is 0. The largest absolute Gasteiger partial charge is 0.307 e. The summed E-state index contributed by atoms with van der Waals surface area (Å²) >= 11 is 0. The van der Waals surface area contributed by atoms with Gasteiger partial charge in [-0.25, -0.2) is 4.98 Å². The molecule has 0 bridgehead atoms. The lowest BCUT2D eigenvalue weighted by atomic mass is 10.4. The molecule has 55 valence electrons. The van der Waals surface area contributed by atoms with Gasteiger partial charge in [0.15, 0.2) is 0 Å². The first-order chi connectivity index (χ1) is 5.40. The average molecular weight is 145 g/mol. The van der Waals surface area contributed by atoms with Crippen molar-refractivity contribution in [3.8, 4) is 0 Å². The number of fused-ring (bicyclic) bond motifs is 1. The van der Waals surface area contributed by atoms with Crippen molar-refractivity contribution in [2.45, 2.75) is 6.92 Å². The lowest BCUT2D eigenvalue weighted by Crippen LogP contribution is -1.77. The van der Waals surface area contributed by atoms with Crippen LogP contribution in [-0.4, -0.2) is 9.38 Å². The van der Waals surface area contributed by atoms with E-state index in [1.807, 2.05) is 48.3 Å². The zero-order chi connectivity index (χ0) is 7.68. The lowest BCUT2D eigenvalue weighted by molar-refractivity contribution is 1.18. The highest BCUT2D eigenvalue weighted by Gasteiger charge is 1.95. The molecule has 2 rings (SSSR count). The van der Waals surface area contributed by atoms with Gasteiger partial charge in [-0.05, 0) is 12.1 Å². The van der Waals surface area contributed by atoms with E-state index in [1.165, 1.54) is 0 Å². The molecule has 0 N–H and O–H groups in total. The fraction of sp³-hybridized carbons (Fsp3) is 0.111. The van der Waals surface area contributed by atoms with Crippen LogP contribution in [0, 0.1) is 6.42 Å². The Morgan fingerprint density at radius 1 is 1.45 bits per heavy atom. The highest BCUT2D eigenvalue weighted by Crippen LogP contribution is 2.04. The van der Waals surface area contributed by atoms with Crippen LogP contribution in [0.25, 0.3) is 5.65 Å². The smallest absolute Gasteiger partial charge is 0.136 e. The van der Waals surface area contributed by atoms with Crippen molar-refractivity contribution >= 4 is 5.65 Å². The van der Waals surface area contributed by atoms with Crippen LogP contribution in [0.5, 0.6) is 0 Å². The number of aromatic nitrogens is 2. The van der Waals surface area contributed by atoms with Gasteiger partial charge in [0.2, 0.25) is 0 Å². The average Bonchev–Trinajstić information content (AvgIpc) is 2.46. The summed E-state index contributed by atoms with van der Waals surface area (Å²) in [6.07, 6.45) is 6.00.